The molecule has 1 saturated heterocycles. The van der Waals surface area contributed by atoms with E-state index in [1.807, 2.05) is 0 Å². The molecule has 0 spiro atoms. The molecule has 6 N–H and O–H groups in total. The summed E-state index contributed by atoms with van der Waals surface area (Å²) in [6.45, 7) is 16.6. The van der Waals surface area contributed by atoms with E-state index >= 15 is 0 Å². The lowest BCUT2D eigenvalue weighted by Crippen LogP contribution is -2.71. The van der Waals surface area contributed by atoms with Crippen LogP contribution in [-0.4, -0.2) is 79.3 Å². The van der Waals surface area contributed by atoms with E-state index in [0.717, 1.165) is 83.5 Å². The molecule has 7 aliphatic rings. The van der Waals surface area contributed by atoms with Crippen LogP contribution >= 0.6 is 0 Å². The highest BCUT2D eigenvalue weighted by molar-refractivity contribution is 5.76. The van der Waals surface area contributed by atoms with Gasteiger partial charge in [-0.3, -0.25) is 4.79 Å². The third kappa shape index (κ3) is 5.49. The van der Waals surface area contributed by atoms with Gasteiger partial charge < -0.3 is 40.0 Å². The first-order valence-electron chi connectivity index (χ1n) is 21.5. The predicted molar refractivity (Wildman–Crippen MR) is 206 cm³/mol. The van der Waals surface area contributed by atoms with Gasteiger partial charge in [0.2, 0.25) is 0 Å². The minimum absolute atomic E-state index is 0.0314. The fourth-order valence-corrected chi connectivity index (χ4v) is 15.1. The lowest BCUT2D eigenvalue weighted by atomic mass is 9.28. The van der Waals surface area contributed by atoms with E-state index in [4.69, 9.17) is 9.47 Å². The van der Waals surface area contributed by atoms with Crippen LogP contribution in [0.25, 0.3) is 0 Å². The molecule has 8 rings (SSSR count). The molecule has 0 unspecified atom stereocenters. The molecular weight excluding hydrogens is 698 g/mol. The number of H-pyrrole nitrogens is 1. The summed E-state index contributed by atoms with van der Waals surface area (Å²) >= 11 is 0. The van der Waals surface area contributed by atoms with Crippen LogP contribution < -0.4 is 0 Å². The number of carboxylic acids is 2. The number of carboxylic acid groups (broad SMARTS) is 2. The first-order valence-corrected chi connectivity index (χ1v) is 21.5. The summed E-state index contributed by atoms with van der Waals surface area (Å²) in [5.41, 5.74) is 3.03. The minimum atomic E-state index is -1.77. The molecule has 0 aromatic carbocycles. The molecule has 10 heteroatoms. The maximum absolute atomic E-state index is 13.3. The number of aromatic nitrogens is 1. The standard InChI is InChI=1S/C45H67NO9/c1-8-24-22-46-23-26(24)11-14-45-27-10-9-25-19-28-29-21-40(2,3)15-17-44(29,39(52)53)18-16-42(28,6)43(7,36(25)45)13-12-30(45)41(4,5)31(20-27)54-38-34(49)32(47)33(48)35(55-38)37(50)51/h19,22-23,25,27,29-36,38,46-49H,8-18,20-21H2,1-7H3,(H,50,51)(H,52,53)/t25-,27+,29+,30+,31+,32+,33+,34-,35+,36+,38-,42-,43-,44+,45+/m1/s1. The number of aliphatic hydroxyl groups excluding tert-OH is 3. The predicted octanol–water partition coefficient (Wildman–Crippen LogP) is 6.90. The summed E-state index contributed by atoms with van der Waals surface area (Å²) in [5.74, 6) is -0.648. The lowest BCUT2D eigenvalue weighted by molar-refractivity contribution is -0.334. The minimum Gasteiger partial charge on any atom is -0.481 e. The van der Waals surface area contributed by atoms with Gasteiger partial charge in [0.15, 0.2) is 12.4 Å². The fourth-order valence-electron chi connectivity index (χ4n) is 15.1. The van der Waals surface area contributed by atoms with Crippen LogP contribution in [0.4, 0.5) is 0 Å². The van der Waals surface area contributed by atoms with E-state index in [1.165, 1.54) is 16.7 Å². The zero-order chi connectivity index (χ0) is 39.7. The molecule has 1 aromatic rings. The normalized spacial score (nSPS) is 48.1. The summed E-state index contributed by atoms with van der Waals surface area (Å²) in [6.07, 6.45) is 10.5. The number of hydrogen-bond acceptors (Lipinski definition) is 7. The van der Waals surface area contributed by atoms with Gasteiger partial charge in [-0.15, -0.1) is 0 Å². The zero-order valence-electron chi connectivity index (χ0n) is 34.1. The molecule has 15 atom stereocenters. The van der Waals surface area contributed by atoms with Gasteiger partial charge in [-0.05, 0) is 151 Å². The van der Waals surface area contributed by atoms with Crippen molar-refractivity contribution >= 4 is 11.9 Å². The molecule has 0 radical (unpaired) electrons. The second-order valence-electron chi connectivity index (χ2n) is 21.1. The van der Waals surface area contributed by atoms with Crippen molar-refractivity contribution in [2.45, 2.75) is 169 Å². The van der Waals surface area contributed by atoms with Gasteiger partial charge in [-0.1, -0.05) is 60.1 Å². The average molecular weight is 766 g/mol. The van der Waals surface area contributed by atoms with Gasteiger partial charge in [0.05, 0.1) is 11.5 Å². The van der Waals surface area contributed by atoms with E-state index in [9.17, 15) is 35.1 Å². The van der Waals surface area contributed by atoms with Crippen LogP contribution in [0.15, 0.2) is 24.0 Å². The Labute approximate surface area is 326 Å². The average Bonchev–Trinajstić information content (AvgIpc) is 3.59. The van der Waals surface area contributed by atoms with E-state index in [1.54, 1.807) is 0 Å². The SMILES string of the molecule is CCc1c[nH]cc1CC[C@]12[C@H]3CC[C@@H]4C=C5[C@@H]6CC(C)(C)CC[C@]6(C(=O)O)CC[C@@]5(C)[C@](C)(CC[C@H]1C(C)(C)[C@@H](O[C@@H]1O[C@H](C(=O)O)[C@@H](O)[C@H](O)[C@H]1O)C3)[C@H]42. The molecule has 6 fully saturated rings. The van der Waals surface area contributed by atoms with Gasteiger partial charge in [-0.25, -0.2) is 4.79 Å². The van der Waals surface area contributed by atoms with Crippen molar-refractivity contribution in [1.29, 1.82) is 0 Å². The first-order chi connectivity index (χ1) is 25.8. The number of aliphatic hydroxyl groups is 3. The second-order valence-corrected chi connectivity index (χ2v) is 21.1. The molecule has 306 valence electrons. The summed E-state index contributed by atoms with van der Waals surface area (Å²) in [7, 11) is 0. The van der Waals surface area contributed by atoms with Crippen molar-refractivity contribution in [2.24, 2.45) is 62.1 Å². The Morgan fingerprint density at radius 2 is 1.60 bits per heavy atom. The zero-order valence-corrected chi connectivity index (χ0v) is 34.1. The Hall–Kier alpha value is -2.24. The summed E-state index contributed by atoms with van der Waals surface area (Å²) in [4.78, 5) is 28.7. The summed E-state index contributed by atoms with van der Waals surface area (Å²) < 4.78 is 12.4. The van der Waals surface area contributed by atoms with Crippen molar-refractivity contribution < 1.29 is 44.6 Å². The number of hydrogen-bond donors (Lipinski definition) is 6. The van der Waals surface area contributed by atoms with Crippen LogP contribution in [0.2, 0.25) is 0 Å². The topological polar surface area (TPSA) is 170 Å². The summed E-state index contributed by atoms with van der Waals surface area (Å²) in [6, 6.07) is 0. The smallest absolute Gasteiger partial charge is 0.335 e. The number of rotatable bonds is 8. The van der Waals surface area contributed by atoms with Crippen molar-refractivity contribution in [3.63, 3.8) is 0 Å². The Kier molecular flexibility index (Phi) is 9.45. The number of aromatic amines is 1. The van der Waals surface area contributed by atoms with Gasteiger partial charge in [0, 0.05) is 12.4 Å². The number of aliphatic carboxylic acids is 2. The molecule has 55 heavy (non-hydrogen) atoms. The molecule has 1 aromatic heterocycles. The van der Waals surface area contributed by atoms with Crippen molar-refractivity contribution in [2.75, 3.05) is 0 Å². The third-order valence-electron chi connectivity index (χ3n) is 18.2. The quantitative estimate of drug-likeness (QED) is 0.122. The fraction of sp³-hybridized carbons (Fsp3) is 0.822. The number of nitrogens with one attached hydrogen (secondary N) is 1. The van der Waals surface area contributed by atoms with Gasteiger partial charge >= 0.3 is 11.9 Å². The second kappa shape index (κ2) is 13.1. The third-order valence-corrected chi connectivity index (χ3v) is 18.2. The van der Waals surface area contributed by atoms with Crippen LogP contribution in [0.1, 0.15) is 130 Å². The summed E-state index contributed by atoms with van der Waals surface area (Å²) in [5, 5.41) is 52.9. The highest BCUT2D eigenvalue weighted by Gasteiger charge is 2.74. The van der Waals surface area contributed by atoms with Crippen molar-refractivity contribution in [1.82, 2.24) is 4.98 Å². The van der Waals surface area contributed by atoms with Gasteiger partial charge in [0.25, 0.3) is 0 Å². The molecule has 5 saturated carbocycles. The van der Waals surface area contributed by atoms with Crippen molar-refractivity contribution in [3.8, 4) is 0 Å². The van der Waals surface area contributed by atoms with E-state index < -0.39 is 53.5 Å². The van der Waals surface area contributed by atoms with E-state index in [0.29, 0.717) is 17.8 Å². The molecule has 6 aliphatic carbocycles. The molecule has 1 aliphatic heterocycles. The highest BCUT2D eigenvalue weighted by atomic mass is 16.7. The Morgan fingerprint density at radius 3 is 2.29 bits per heavy atom. The number of ether oxygens (including phenoxy) is 2. The van der Waals surface area contributed by atoms with Crippen LogP contribution in [-0.2, 0) is 31.9 Å². The molecule has 0 amide bonds. The van der Waals surface area contributed by atoms with Gasteiger partial charge in [-0.2, -0.15) is 0 Å². The Balaban J connectivity index is 1.22. The monoisotopic (exact) mass is 765 g/mol. The molecule has 10 nitrogen and oxygen atoms in total. The largest absolute Gasteiger partial charge is 0.481 e. The maximum atomic E-state index is 13.3. The number of carbonyl (C=O) groups is 2. The van der Waals surface area contributed by atoms with Crippen molar-refractivity contribution in [3.05, 3.63) is 35.2 Å². The van der Waals surface area contributed by atoms with Crippen LogP contribution in [0, 0.1) is 62.1 Å². The lowest BCUT2D eigenvalue weighted by Gasteiger charge is -2.76. The first kappa shape index (κ1) is 39.6. The highest BCUT2D eigenvalue weighted by Crippen LogP contribution is 2.80. The van der Waals surface area contributed by atoms with Crippen LogP contribution in [0.5, 0.6) is 0 Å². The molecule has 2 heterocycles. The van der Waals surface area contributed by atoms with Gasteiger partial charge in [0.1, 0.15) is 18.3 Å². The number of allylic oxidation sites excluding steroid dienone is 2. The molecule has 0 bridgehead atoms. The van der Waals surface area contributed by atoms with Crippen LogP contribution in [0.3, 0.4) is 0 Å². The Morgan fingerprint density at radius 1 is 0.891 bits per heavy atom. The Bertz CT molecular complexity index is 1720. The molecular formula is C45H67NO9. The number of aryl methyl sites for hydroxylation is 2. The number of fused-ring (bicyclic) bond motifs is 4. The van der Waals surface area contributed by atoms with E-state index in [-0.39, 0.29) is 39.6 Å². The van der Waals surface area contributed by atoms with E-state index in [2.05, 4.69) is 71.9 Å². The maximum Gasteiger partial charge on any atom is 0.335 e.